The van der Waals surface area contributed by atoms with Gasteiger partial charge in [-0.2, -0.15) is 0 Å². The normalized spacial score (nSPS) is 9.92. The summed E-state index contributed by atoms with van der Waals surface area (Å²) in [7, 11) is 0. The molecule has 8 heteroatoms. The zero-order valence-corrected chi connectivity index (χ0v) is 11.8. The molecule has 0 spiro atoms. The Kier molecular flexibility index (Phi) is 3.81. The number of halogens is 3. The topological polar surface area (TPSA) is 68.9 Å². The lowest BCUT2D eigenvalue weighted by Crippen LogP contribution is -2.02. The highest BCUT2D eigenvalue weighted by Gasteiger charge is 2.20. The van der Waals surface area contributed by atoms with Crippen LogP contribution in [0.5, 0.6) is 0 Å². The second-order valence-electron chi connectivity index (χ2n) is 1.68. The minimum absolute atomic E-state index is 0.0170. The van der Waals surface area contributed by atoms with Crippen molar-refractivity contribution in [2.45, 2.75) is 0 Å². The molecule has 0 saturated heterocycles. The third-order valence-electron chi connectivity index (χ3n) is 0.954. The van der Waals surface area contributed by atoms with Crippen LogP contribution in [-0.2, 0) is 0 Å². The van der Waals surface area contributed by atoms with E-state index in [1.54, 1.807) is 0 Å². The lowest BCUT2D eigenvalue weighted by Gasteiger charge is -1.96. The third-order valence-corrected chi connectivity index (χ3v) is 2.94. The zero-order chi connectivity index (χ0) is 9.30. The molecule has 0 radical (unpaired) electrons. The van der Waals surface area contributed by atoms with Crippen LogP contribution in [0.4, 0.5) is 5.69 Å². The molecule has 0 saturated carbocycles. The molecule has 0 bridgehead atoms. The maximum atomic E-state index is 10.5. The van der Waals surface area contributed by atoms with E-state index in [9.17, 15) is 10.1 Å². The van der Waals surface area contributed by atoms with E-state index in [0.717, 1.165) is 0 Å². The Morgan fingerprint density at radius 1 is 1.17 bits per heavy atom. The third kappa shape index (κ3) is 2.34. The Hall–Kier alpha value is 0.670. The monoisotopic (exact) mass is 503 g/mol. The van der Waals surface area contributed by atoms with Gasteiger partial charge in [0.15, 0.2) is 11.2 Å². The molecule has 0 fully saturated rings. The number of hydrogen-bond donors (Lipinski definition) is 0. The van der Waals surface area contributed by atoms with Gasteiger partial charge in [-0.3, -0.25) is 10.1 Å². The summed E-state index contributed by atoms with van der Waals surface area (Å²) >= 11 is 5.57. The van der Waals surface area contributed by atoms with Crippen molar-refractivity contribution in [1.82, 2.24) is 9.97 Å². The second kappa shape index (κ2) is 4.26. The molecule has 1 heterocycles. The fourth-order valence-electron chi connectivity index (χ4n) is 0.529. The molecule has 1 rings (SSSR count). The van der Waals surface area contributed by atoms with Crippen LogP contribution in [0.25, 0.3) is 0 Å². The second-order valence-corrected chi connectivity index (χ2v) is 4.69. The molecule has 0 aliphatic carbocycles. The number of aromatic nitrogens is 2. The van der Waals surface area contributed by atoms with Gasteiger partial charge >= 0.3 is 5.69 Å². The first-order valence-electron chi connectivity index (χ1n) is 2.55. The average molecular weight is 503 g/mol. The van der Waals surface area contributed by atoms with Crippen LogP contribution in [0.1, 0.15) is 0 Å². The maximum absolute atomic E-state index is 10.5. The Balaban J connectivity index is 3.38. The van der Waals surface area contributed by atoms with E-state index in [0.29, 0.717) is 11.2 Å². The molecule has 1 aromatic rings. The van der Waals surface area contributed by atoms with Crippen molar-refractivity contribution in [1.29, 1.82) is 0 Å². The highest BCUT2D eigenvalue weighted by Crippen LogP contribution is 2.23. The first-order chi connectivity index (χ1) is 5.52. The van der Waals surface area contributed by atoms with Crippen molar-refractivity contribution in [3.63, 3.8) is 0 Å². The summed E-state index contributed by atoms with van der Waals surface area (Å²) in [5.74, 6) is 0. The van der Waals surface area contributed by atoms with Crippen LogP contribution in [0.15, 0.2) is 0 Å². The molecule has 64 valence electrons. The fourth-order valence-corrected chi connectivity index (χ4v) is 3.81. The molecule has 5 nitrogen and oxygen atoms in total. The minimum atomic E-state index is -0.473. The molecule has 12 heavy (non-hydrogen) atoms. The van der Waals surface area contributed by atoms with Gasteiger partial charge in [-0.15, -0.1) is 0 Å². The van der Waals surface area contributed by atoms with Crippen molar-refractivity contribution in [2.75, 3.05) is 0 Å². The van der Waals surface area contributed by atoms with Gasteiger partial charge in [0.25, 0.3) is 0 Å². The summed E-state index contributed by atoms with van der Waals surface area (Å²) in [6.07, 6.45) is 0. The van der Waals surface area contributed by atoms with E-state index in [1.807, 2.05) is 67.8 Å². The van der Waals surface area contributed by atoms with E-state index in [1.165, 1.54) is 0 Å². The molecule has 0 N–H and O–H groups in total. The largest absolute Gasteiger partial charge is 0.332 e. The molecule has 1 aromatic heterocycles. The SMILES string of the molecule is O=[N+]([O-])c1c(I)nc(I)nc1I. The molecule has 0 unspecified atom stereocenters. The van der Waals surface area contributed by atoms with Gasteiger partial charge in [-0.1, -0.05) is 0 Å². The van der Waals surface area contributed by atoms with Gasteiger partial charge in [-0.05, 0) is 45.2 Å². The molecule has 0 atom stereocenters. The standard InChI is InChI=1S/C4I3N3O2/c5-2-1(10(11)12)3(6)9-4(7)8-2. The van der Waals surface area contributed by atoms with Crippen molar-refractivity contribution < 1.29 is 4.92 Å². The van der Waals surface area contributed by atoms with Gasteiger partial charge < -0.3 is 0 Å². The van der Waals surface area contributed by atoms with Gasteiger partial charge in [0.2, 0.25) is 0 Å². The van der Waals surface area contributed by atoms with Crippen molar-refractivity contribution in [3.8, 4) is 0 Å². The van der Waals surface area contributed by atoms with Crippen molar-refractivity contribution in [2.24, 2.45) is 0 Å². The number of rotatable bonds is 1. The average Bonchev–Trinajstić information content (AvgIpc) is 1.82. The van der Waals surface area contributed by atoms with Crippen LogP contribution in [0.2, 0.25) is 0 Å². The van der Waals surface area contributed by atoms with Gasteiger partial charge in [0.1, 0.15) is 0 Å². The quantitative estimate of drug-likeness (QED) is 0.194. The van der Waals surface area contributed by atoms with Gasteiger partial charge in [-0.25, -0.2) is 9.97 Å². The Morgan fingerprint density at radius 2 is 1.58 bits per heavy atom. The lowest BCUT2D eigenvalue weighted by molar-refractivity contribution is -0.387. The summed E-state index contributed by atoms with van der Waals surface area (Å²) in [6, 6.07) is 0. The summed E-state index contributed by atoms with van der Waals surface area (Å²) in [6.45, 7) is 0. The van der Waals surface area contributed by atoms with Crippen LogP contribution in [0, 0.1) is 21.3 Å². The number of nitrogens with zero attached hydrogens (tertiary/aromatic N) is 3. The van der Waals surface area contributed by atoms with Gasteiger partial charge in [0, 0.05) is 22.6 Å². The van der Waals surface area contributed by atoms with E-state index >= 15 is 0 Å². The van der Waals surface area contributed by atoms with Crippen LogP contribution in [-0.4, -0.2) is 14.9 Å². The Bertz CT molecular complexity index is 319. The van der Waals surface area contributed by atoms with Gasteiger partial charge in [0.05, 0.1) is 4.92 Å². The van der Waals surface area contributed by atoms with E-state index in [2.05, 4.69) is 9.97 Å². The Morgan fingerprint density at radius 3 is 1.92 bits per heavy atom. The molecule has 0 aliphatic rings. The van der Waals surface area contributed by atoms with Crippen LogP contribution >= 0.6 is 67.8 Å². The smallest absolute Gasteiger partial charge is 0.258 e. The minimum Gasteiger partial charge on any atom is -0.258 e. The van der Waals surface area contributed by atoms with Crippen molar-refractivity contribution in [3.05, 3.63) is 21.3 Å². The van der Waals surface area contributed by atoms with E-state index in [-0.39, 0.29) is 5.69 Å². The highest BCUT2D eigenvalue weighted by molar-refractivity contribution is 14.1. The molecule has 0 aliphatic heterocycles. The summed E-state index contributed by atoms with van der Waals surface area (Å²) in [4.78, 5) is 17.7. The predicted octanol–water partition coefficient (Wildman–Crippen LogP) is 2.20. The van der Waals surface area contributed by atoms with Crippen LogP contribution in [0.3, 0.4) is 0 Å². The maximum Gasteiger partial charge on any atom is 0.332 e. The summed E-state index contributed by atoms with van der Waals surface area (Å²) < 4.78 is 1.27. The number of hydrogen-bond acceptors (Lipinski definition) is 4. The number of nitro groups is 1. The van der Waals surface area contributed by atoms with E-state index in [4.69, 9.17) is 0 Å². The fraction of sp³-hybridized carbons (Fsp3) is 0. The summed E-state index contributed by atoms with van der Waals surface area (Å²) in [5, 5.41) is 10.5. The van der Waals surface area contributed by atoms with Crippen LogP contribution < -0.4 is 0 Å². The molecule has 0 amide bonds. The highest BCUT2D eigenvalue weighted by atomic mass is 127. The lowest BCUT2D eigenvalue weighted by atomic mass is 10.6. The van der Waals surface area contributed by atoms with E-state index < -0.39 is 4.92 Å². The molecular formula is C4I3N3O2. The first kappa shape index (κ1) is 10.7. The molecular weight excluding hydrogens is 503 g/mol. The Labute approximate surface area is 108 Å². The zero-order valence-electron chi connectivity index (χ0n) is 5.29. The van der Waals surface area contributed by atoms with Crippen molar-refractivity contribution >= 4 is 73.5 Å². The molecule has 0 aromatic carbocycles. The predicted molar refractivity (Wildman–Crippen MR) is 66.8 cm³/mol. The summed E-state index contributed by atoms with van der Waals surface area (Å²) in [5.41, 5.74) is -0.0170. The first-order valence-corrected chi connectivity index (χ1v) is 5.79.